The number of carbonyl (C=O) groups is 1. The highest BCUT2D eigenvalue weighted by molar-refractivity contribution is 7.90. The van der Waals surface area contributed by atoms with Gasteiger partial charge in [0.2, 0.25) is 11.9 Å². The van der Waals surface area contributed by atoms with E-state index in [1.54, 1.807) is 12.1 Å². The zero-order valence-electron chi connectivity index (χ0n) is 18.0. The van der Waals surface area contributed by atoms with E-state index in [1.165, 1.54) is 18.2 Å². The number of nitrogens with one attached hydrogen (secondary N) is 1. The zero-order chi connectivity index (χ0) is 24.9. The van der Waals surface area contributed by atoms with Crippen LogP contribution in [0.5, 0.6) is 0 Å². The Bertz CT molecular complexity index is 1530. The maximum Gasteiger partial charge on any atom is 0.274 e. The summed E-state index contributed by atoms with van der Waals surface area (Å²) >= 11 is 0. The topological polar surface area (TPSA) is 208 Å². The summed E-state index contributed by atoms with van der Waals surface area (Å²) in [5, 5.41) is 2.89. The number of hydrogen-bond donors (Lipinski definition) is 4. The van der Waals surface area contributed by atoms with Gasteiger partial charge in [-0.25, -0.2) is 18.4 Å². The van der Waals surface area contributed by atoms with Crippen molar-refractivity contribution in [2.45, 2.75) is 17.6 Å². The molecule has 1 aliphatic rings. The van der Waals surface area contributed by atoms with Crippen LogP contribution in [-0.4, -0.2) is 60.8 Å². The largest absolute Gasteiger partial charge is 0.368 e. The van der Waals surface area contributed by atoms with Crippen molar-refractivity contribution in [1.82, 2.24) is 15.0 Å². The first kappa shape index (κ1) is 23.8. The van der Waals surface area contributed by atoms with E-state index in [0.29, 0.717) is 11.1 Å². The molecule has 180 valence electrons. The molecule has 0 unspecified atom stereocenters. The molecule has 3 aromatic rings. The van der Waals surface area contributed by atoms with Crippen LogP contribution in [0.1, 0.15) is 28.8 Å². The van der Waals surface area contributed by atoms with Gasteiger partial charge < -0.3 is 16.8 Å². The fraction of sp³-hybridized carbons (Fsp3) is 0.300. The van der Waals surface area contributed by atoms with Crippen molar-refractivity contribution in [3.05, 3.63) is 41.5 Å². The lowest BCUT2D eigenvalue weighted by molar-refractivity contribution is 0.1000. The molecule has 1 amide bonds. The number of nitrogen functional groups attached to an aromatic ring is 1. The van der Waals surface area contributed by atoms with Gasteiger partial charge in [-0.15, -0.1) is 0 Å². The van der Waals surface area contributed by atoms with E-state index >= 15 is 0 Å². The second-order valence-electron chi connectivity index (χ2n) is 8.15. The molecule has 0 radical (unpaired) electrons. The summed E-state index contributed by atoms with van der Waals surface area (Å²) in [6, 6.07) is 7.43. The van der Waals surface area contributed by atoms with Gasteiger partial charge >= 0.3 is 0 Å². The normalized spacial score (nSPS) is 15.2. The highest BCUT2D eigenvalue weighted by atomic mass is 32.2. The van der Waals surface area contributed by atoms with Crippen LogP contribution < -0.4 is 16.8 Å². The number of pyridine rings is 1. The number of rotatable bonds is 8. The van der Waals surface area contributed by atoms with Crippen LogP contribution in [-0.2, 0) is 24.7 Å². The average molecular weight is 507 g/mol. The molecule has 1 aromatic carbocycles. The molecule has 2 aromatic heterocycles. The van der Waals surface area contributed by atoms with Gasteiger partial charge in [-0.1, -0.05) is 6.07 Å². The van der Waals surface area contributed by atoms with Gasteiger partial charge in [0.25, 0.3) is 10.1 Å². The number of primary amides is 1. The Morgan fingerprint density at radius 3 is 2.41 bits per heavy atom. The lowest BCUT2D eigenvalue weighted by atomic mass is 9.96. The summed E-state index contributed by atoms with van der Waals surface area (Å²) in [6.45, 7) is 0.0462. The summed E-state index contributed by atoms with van der Waals surface area (Å²) < 4.78 is 55.7. The Labute approximate surface area is 195 Å². The van der Waals surface area contributed by atoms with Crippen LogP contribution in [0.15, 0.2) is 30.3 Å². The van der Waals surface area contributed by atoms with E-state index in [4.69, 9.17) is 11.5 Å². The van der Waals surface area contributed by atoms with Crippen molar-refractivity contribution in [3.8, 4) is 11.3 Å². The predicted octanol–water partition coefficient (Wildman–Crippen LogP) is 0.706. The molecule has 0 bridgehead atoms. The lowest BCUT2D eigenvalue weighted by Gasteiger charge is -2.18. The molecule has 34 heavy (non-hydrogen) atoms. The number of carbonyl (C=O) groups excluding carboxylic acids is 1. The molecule has 12 nitrogen and oxygen atoms in total. The summed E-state index contributed by atoms with van der Waals surface area (Å²) in [6.07, 6.45) is 1.52. The SMILES string of the molecule is CS(=O)(=O)CCNc1nc(N)nc2ccc(-c3cc(C(N)=O)ccc3C3(S(=O)(=O)O)CC3)nc12. The second-order valence-corrected chi connectivity index (χ2v) is 12.1. The third-order valence-electron chi connectivity index (χ3n) is 5.59. The molecular weight excluding hydrogens is 484 g/mol. The lowest BCUT2D eigenvalue weighted by Crippen LogP contribution is -2.21. The van der Waals surface area contributed by atoms with Crippen molar-refractivity contribution >= 4 is 48.7 Å². The van der Waals surface area contributed by atoms with Gasteiger partial charge in [0.15, 0.2) is 5.82 Å². The van der Waals surface area contributed by atoms with Gasteiger partial charge in [0.1, 0.15) is 20.1 Å². The van der Waals surface area contributed by atoms with Crippen LogP contribution in [0.3, 0.4) is 0 Å². The summed E-state index contributed by atoms with van der Waals surface area (Å²) in [4.78, 5) is 24.6. The van der Waals surface area contributed by atoms with Crippen molar-refractivity contribution in [2.24, 2.45) is 5.73 Å². The van der Waals surface area contributed by atoms with Crippen molar-refractivity contribution in [1.29, 1.82) is 0 Å². The van der Waals surface area contributed by atoms with Gasteiger partial charge in [-0.2, -0.15) is 13.4 Å². The van der Waals surface area contributed by atoms with Crippen molar-refractivity contribution in [3.63, 3.8) is 0 Å². The number of aromatic nitrogens is 3. The Balaban J connectivity index is 1.88. The fourth-order valence-electron chi connectivity index (χ4n) is 3.75. The van der Waals surface area contributed by atoms with Crippen LogP contribution in [0.2, 0.25) is 0 Å². The Morgan fingerprint density at radius 1 is 1.12 bits per heavy atom. The Hall–Kier alpha value is -3.36. The van der Waals surface area contributed by atoms with Gasteiger partial charge in [0, 0.05) is 23.9 Å². The highest BCUT2D eigenvalue weighted by Gasteiger charge is 2.56. The molecule has 4 rings (SSSR count). The molecule has 1 aliphatic carbocycles. The second kappa shape index (κ2) is 8.14. The summed E-state index contributed by atoms with van der Waals surface area (Å²) in [5.74, 6) is -0.732. The van der Waals surface area contributed by atoms with Crippen LogP contribution >= 0.6 is 0 Å². The fourth-order valence-corrected chi connectivity index (χ4v) is 5.29. The molecule has 14 heteroatoms. The minimum absolute atomic E-state index is 0.0462. The molecule has 6 N–H and O–H groups in total. The Kier molecular flexibility index (Phi) is 5.70. The van der Waals surface area contributed by atoms with Crippen LogP contribution in [0, 0.1) is 0 Å². The highest BCUT2D eigenvalue weighted by Crippen LogP contribution is 2.54. The number of nitrogens with two attached hydrogens (primary N) is 2. The first-order chi connectivity index (χ1) is 15.8. The average Bonchev–Trinajstić information content (AvgIpc) is 3.54. The minimum Gasteiger partial charge on any atom is -0.368 e. The Morgan fingerprint density at radius 2 is 1.82 bits per heavy atom. The maximum absolute atomic E-state index is 12.2. The number of benzene rings is 1. The predicted molar refractivity (Wildman–Crippen MR) is 126 cm³/mol. The number of nitrogens with zero attached hydrogens (tertiary/aromatic N) is 3. The van der Waals surface area contributed by atoms with Crippen LogP contribution in [0.25, 0.3) is 22.3 Å². The number of hydrogen-bond acceptors (Lipinski definition) is 10. The van der Waals surface area contributed by atoms with E-state index in [1.807, 2.05) is 0 Å². The number of sulfone groups is 1. The molecular formula is C20H22N6O6S2. The van der Waals surface area contributed by atoms with E-state index in [0.717, 1.165) is 6.26 Å². The third kappa shape index (κ3) is 4.51. The van der Waals surface area contributed by atoms with Gasteiger partial charge in [-0.05, 0) is 42.7 Å². The zero-order valence-corrected chi connectivity index (χ0v) is 19.6. The quantitative estimate of drug-likeness (QED) is 0.313. The molecule has 1 saturated carbocycles. The minimum atomic E-state index is -4.44. The number of fused-ring (bicyclic) bond motifs is 1. The van der Waals surface area contributed by atoms with E-state index in [2.05, 4.69) is 20.3 Å². The maximum atomic E-state index is 12.2. The third-order valence-corrected chi connectivity index (χ3v) is 8.16. The van der Waals surface area contributed by atoms with Crippen molar-refractivity contribution in [2.75, 3.05) is 29.6 Å². The number of anilines is 2. The monoisotopic (exact) mass is 506 g/mol. The van der Waals surface area contributed by atoms with Gasteiger partial charge in [0.05, 0.1) is 17.0 Å². The first-order valence-corrected chi connectivity index (χ1v) is 13.6. The molecule has 0 spiro atoms. The van der Waals surface area contributed by atoms with E-state index in [9.17, 15) is 26.2 Å². The smallest absolute Gasteiger partial charge is 0.274 e. The summed E-state index contributed by atoms with van der Waals surface area (Å²) in [7, 11) is -7.68. The molecule has 0 atom stereocenters. The molecule has 0 saturated heterocycles. The first-order valence-electron chi connectivity index (χ1n) is 10.1. The van der Waals surface area contributed by atoms with E-state index in [-0.39, 0.29) is 59.2 Å². The molecule has 2 heterocycles. The summed E-state index contributed by atoms with van der Waals surface area (Å²) in [5.41, 5.74) is 12.8. The molecule has 0 aliphatic heterocycles. The standard InChI is InChI=1S/C20H22N6O6S2/c1-33(28,29)9-8-23-18-16-15(25-19(22)26-18)5-4-14(24-16)12-10-11(17(21)27)2-3-13(12)20(6-7-20)34(30,31)32/h2-5,10H,6-9H2,1H3,(H2,21,27)(H,30,31,32)(H3,22,23,25,26). The molecule has 1 fully saturated rings. The number of amides is 1. The van der Waals surface area contributed by atoms with Crippen LogP contribution in [0.4, 0.5) is 11.8 Å². The van der Waals surface area contributed by atoms with Gasteiger partial charge in [-0.3, -0.25) is 9.35 Å². The van der Waals surface area contributed by atoms with Crippen molar-refractivity contribution < 1.29 is 26.2 Å². The van der Waals surface area contributed by atoms with E-state index < -0.39 is 30.6 Å².